The van der Waals surface area contributed by atoms with Crippen LogP contribution in [0.3, 0.4) is 0 Å². The first-order chi connectivity index (χ1) is 8.57. The number of aliphatic carboxylic acids is 1. The van der Waals surface area contributed by atoms with Gasteiger partial charge < -0.3 is 15.2 Å². The molecule has 0 aliphatic carbocycles. The van der Waals surface area contributed by atoms with Gasteiger partial charge in [0.1, 0.15) is 0 Å². The van der Waals surface area contributed by atoms with E-state index >= 15 is 0 Å². The molecule has 0 heterocycles. The van der Waals surface area contributed by atoms with Crippen LogP contribution in [0.4, 0.5) is 0 Å². The summed E-state index contributed by atoms with van der Waals surface area (Å²) in [6.45, 7) is 4.35. The lowest BCUT2D eigenvalue weighted by atomic mass is 10.3. The summed E-state index contributed by atoms with van der Waals surface area (Å²) in [5, 5.41) is 8.29. The highest BCUT2D eigenvalue weighted by Gasteiger charge is 2.35. The van der Waals surface area contributed by atoms with Crippen molar-refractivity contribution in [3.05, 3.63) is 12.7 Å². The fourth-order valence-electron chi connectivity index (χ4n) is 1.01. The summed E-state index contributed by atoms with van der Waals surface area (Å²) in [6, 6.07) is 0. The Morgan fingerprint density at radius 3 is 2.32 bits per heavy atom. The predicted octanol–water partition coefficient (Wildman–Crippen LogP) is -1.09. The van der Waals surface area contributed by atoms with Gasteiger partial charge in [0, 0.05) is 0 Å². The normalized spacial score (nSPS) is 14.0. The van der Waals surface area contributed by atoms with Gasteiger partial charge in [0.25, 0.3) is 10.1 Å². The molecule has 19 heavy (non-hydrogen) atoms. The van der Waals surface area contributed by atoms with Crippen molar-refractivity contribution in [2.45, 2.75) is 24.8 Å². The summed E-state index contributed by atoms with van der Waals surface area (Å²) < 4.78 is 34.9. The Bertz CT molecular complexity index is 482. The highest BCUT2D eigenvalue weighted by atomic mass is 32.2. The van der Waals surface area contributed by atoms with Gasteiger partial charge in [-0.15, -0.1) is 0 Å². The first kappa shape index (κ1) is 17.1. The van der Waals surface area contributed by atoms with E-state index in [0.29, 0.717) is 0 Å². The summed E-state index contributed by atoms with van der Waals surface area (Å²) >= 11 is 0. The van der Waals surface area contributed by atoms with Crippen molar-refractivity contribution in [3.63, 3.8) is 0 Å². The van der Waals surface area contributed by atoms with Crippen molar-refractivity contribution < 1.29 is 37.2 Å². The quantitative estimate of drug-likeness (QED) is 0.232. The van der Waals surface area contributed by atoms with Gasteiger partial charge >= 0.3 is 11.9 Å². The topological polar surface area (TPSA) is 147 Å². The lowest BCUT2D eigenvalue weighted by Gasteiger charge is -2.17. The van der Waals surface area contributed by atoms with E-state index in [-0.39, 0.29) is 0 Å². The van der Waals surface area contributed by atoms with E-state index < -0.39 is 45.9 Å². The summed E-state index contributed by atoms with van der Waals surface area (Å²) in [5.74, 6) is -3.77. The van der Waals surface area contributed by atoms with Gasteiger partial charge in [-0.1, -0.05) is 6.58 Å². The molecule has 0 saturated carbocycles. The smallest absolute Gasteiger partial charge is 0.329 e. The molecule has 0 bridgehead atoms. The number of ether oxygens (including phenoxy) is 1. The zero-order chi connectivity index (χ0) is 15.2. The van der Waals surface area contributed by atoms with Gasteiger partial charge in [-0.05, 0) is 13.0 Å². The van der Waals surface area contributed by atoms with Crippen LogP contribution in [0.25, 0.3) is 0 Å². The third-order valence-electron chi connectivity index (χ3n) is 1.81. The molecule has 0 fully saturated rings. The number of carboxylic acids is 1. The minimum absolute atomic E-state index is 0.679. The number of esters is 1. The predicted molar refractivity (Wildman–Crippen MR) is 61.5 cm³/mol. The van der Waals surface area contributed by atoms with Crippen LogP contribution in [-0.4, -0.2) is 47.4 Å². The molecule has 0 spiro atoms. The molecule has 2 atom stereocenters. The summed E-state index contributed by atoms with van der Waals surface area (Å²) in [4.78, 5) is 32.7. The molecule has 0 aliphatic rings. The maximum atomic E-state index is 11.4. The summed E-state index contributed by atoms with van der Waals surface area (Å²) in [7, 11) is -4.93. The van der Waals surface area contributed by atoms with Crippen LogP contribution >= 0.6 is 0 Å². The standard InChI is InChI=1S/C9H13NO8S/c1-3-7(11)10-5(2)18-9(14)6(4-8(12)13)19(15,16)17/h3,5-6H,1,4H2,2H3,(H,10,11)(H,12,13)(H,15,16,17). The molecule has 0 rings (SSSR count). The number of rotatable bonds is 7. The Balaban J connectivity index is 4.79. The number of nitrogens with one attached hydrogen (secondary N) is 1. The van der Waals surface area contributed by atoms with E-state index in [0.717, 1.165) is 6.08 Å². The zero-order valence-corrected chi connectivity index (χ0v) is 10.7. The molecule has 0 aliphatic heterocycles. The molecule has 108 valence electrons. The van der Waals surface area contributed by atoms with Crippen molar-refractivity contribution in [3.8, 4) is 0 Å². The summed E-state index contributed by atoms with van der Waals surface area (Å²) in [5.41, 5.74) is 0. The molecule has 1 amide bonds. The number of carbonyl (C=O) groups is 3. The second-order valence-electron chi connectivity index (χ2n) is 3.39. The molecule has 2 unspecified atom stereocenters. The Morgan fingerprint density at radius 1 is 1.42 bits per heavy atom. The molecule has 3 N–H and O–H groups in total. The van der Waals surface area contributed by atoms with Crippen molar-refractivity contribution >= 4 is 28.0 Å². The van der Waals surface area contributed by atoms with Crippen LogP contribution in [0.2, 0.25) is 0 Å². The zero-order valence-electron chi connectivity index (χ0n) is 9.90. The highest BCUT2D eigenvalue weighted by molar-refractivity contribution is 7.87. The molecular formula is C9H13NO8S. The number of hydrogen-bond donors (Lipinski definition) is 3. The Labute approximate surface area is 109 Å². The SMILES string of the molecule is C=CC(=O)NC(C)OC(=O)C(CC(=O)O)S(=O)(=O)O. The van der Waals surface area contributed by atoms with Crippen molar-refractivity contribution in [1.82, 2.24) is 5.32 Å². The molecule has 0 radical (unpaired) electrons. The van der Waals surface area contributed by atoms with E-state index in [1.807, 2.05) is 0 Å². The van der Waals surface area contributed by atoms with Gasteiger partial charge in [-0.3, -0.25) is 18.9 Å². The van der Waals surface area contributed by atoms with Crippen LogP contribution in [0.15, 0.2) is 12.7 Å². The third-order valence-corrected chi connectivity index (χ3v) is 2.88. The third kappa shape index (κ3) is 6.52. The first-order valence-electron chi connectivity index (χ1n) is 4.89. The maximum Gasteiger partial charge on any atom is 0.329 e. The van der Waals surface area contributed by atoms with E-state index in [1.165, 1.54) is 6.92 Å². The molecular weight excluding hydrogens is 282 g/mol. The second-order valence-corrected chi connectivity index (χ2v) is 4.99. The fraction of sp³-hybridized carbons (Fsp3) is 0.444. The van der Waals surface area contributed by atoms with E-state index in [2.05, 4.69) is 16.6 Å². The summed E-state index contributed by atoms with van der Waals surface area (Å²) in [6.07, 6.45) is -1.47. The minimum Gasteiger partial charge on any atom is -0.481 e. The van der Waals surface area contributed by atoms with Crippen LogP contribution in [0.5, 0.6) is 0 Å². The highest BCUT2D eigenvalue weighted by Crippen LogP contribution is 2.08. The molecule has 0 aromatic carbocycles. The van der Waals surface area contributed by atoms with Gasteiger partial charge in [-0.2, -0.15) is 8.42 Å². The second kappa shape index (κ2) is 6.85. The van der Waals surface area contributed by atoms with Gasteiger partial charge in [-0.25, -0.2) is 0 Å². The van der Waals surface area contributed by atoms with Gasteiger partial charge in [0.2, 0.25) is 5.91 Å². The molecule has 0 aromatic rings. The monoisotopic (exact) mass is 295 g/mol. The van der Waals surface area contributed by atoms with Crippen molar-refractivity contribution in [2.24, 2.45) is 0 Å². The van der Waals surface area contributed by atoms with Gasteiger partial charge in [0.05, 0.1) is 6.42 Å². The average molecular weight is 295 g/mol. The fourth-order valence-corrected chi connectivity index (χ4v) is 1.66. The Morgan fingerprint density at radius 2 is 1.95 bits per heavy atom. The number of carboxylic acid groups (broad SMARTS) is 1. The molecule has 0 aromatic heterocycles. The average Bonchev–Trinajstić information content (AvgIpc) is 2.23. The number of carbonyl (C=O) groups excluding carboxylic acids is 2. The van der Waals surface area contributed by atoms with Crippen LogP contribution in [-0.2, 0) is 29.2 Å². The van der Waals surface area contributed by atoms with Crippen molar-refractivity contribution in [2.75, 3.05) is 0 Å². The lowest BCUT2D eigenvalue weighted by Crippen LogP contribution is -2.41. The van der Waals surface area contributed by atoms with Crippen molar-refractivity contribution in [1.29, 1.82) is 0 Å². The number of hydrogen-bond acceptors (Lipinski definition) is 6. The lowest BCUT2D eigenvalue weighted by molar-refractivity contribution is -0.153. The van der Waals surface area contributed by atoms with Crippen LogP contribution < -0.4 is 5.32 Å². The maximum absolute atomic E-state index is 11.4. The molecule has 9 nitrogen and oxygen atoms in total. The van der Waals surface area contributed by atoms with E-state index in [9.17, 15) is 22.8 Å². The first-order valence-corrected chi connectivity index (χ1v) is 6.39. The van der Waals surface area contributed by atoms with E-state index in [4.69, 9.17) is 9.66 Å². The van der Waals surface area contributed by atoms with E-state index in [1.54, 1.807) is 0 Å². The van der Waals surface area contributed by atoms with Gasteiger partial charge in [0.15, 0.2) is 11.5 Å². The Hall–Kier alpha value is -1.94. The van der Waals surface area contributed by atoms with Crippen LogP contribution in [0.1, 0.15) is 13.3 Å². The number of amides is 1. The molecule has 0 saturated heterocycles. The Kier molecular flexibility index (Phi) is 6.15. The minimum atomic E-state index is -4.93. The largest absolute Gasteiger partial charge is 0.481 e. The van der Waals surface area contributed by atoms with Crippen LogP contribution in [0, 0.1) is 0 Å². The molecule has 10 heteroatoms.